The van der Waals surface area contributed by atoms with Gasteiger partial charge in [0.1, 0.15) is 0 Å². The summed E-state index contributed by atoms with van der Waals surface area (Å²) in [5, 5.41) is 0. The molecule has 14 heavy (non-hydrogen) atoms. The van der Waals surface area contributed by atoms with Crippen LogP contribution in [0.2, 0.25) is 0 Å². The zero-order chi connectivity index (χ0) is 11.4. The first-order valence-electron chi connectivity index (χ1n) is 4.24. The standard InChI is InChI=1S/C10H15F3O/c1-5-7-8(6-2)9(3,14-4)10(11,12)13/h5-7H,1-4H3/b7-5-,8-6+/t9-/m1/s1. The Morgan fingerprint density at radius 2 is 1.71 bits per heavy atom. The second kappa shape index (κ2) is 4.64. The Balaban J connectivity index is 5.23. The van der Waals surface area contributed by atoms with Crippen LogP contribution in [-0.4, -0.2) is 18.9 Å². The first kappa shape index (κ1) is 13.2. The Labute approximate surface area is 82.3 Å². The van der Waals surface area contributed by atoms with Crippen molar-refractivity contribution in [2.75, 3.05) is 7.11 Å². The highest BCUT2D eigenvalue weighted by Crippen LogP contribution is 2.39. The summed E-state index contributed by atoms with van der Waals surface area (Å²) in [6.07, 6.45) is -0.0601. The Hall–Kier alpha value is -0.770. The van der Waals surface area contributed by atoms with E-state index >= 15 is 0 Å². The quantitative estimate of drug-likeness (QED) is 0.645. The van der Waals surface area contributed by atoms with Crippen LogP contribution in [0.1, 0.15) is 20.8 Å². The topological polar surface area (TPSA) is 9.23 Å². The van der Waals surface area contributed by atoms with Crippen LogP contribution in [-0.2, 0) is 4.74 Å². The Morgan fingerprint density at radius 1 is 1.21 bits per heavy atom. The molecule has 0 spiro atoms. The van der Waals surface area contributed by atoms with Crippen molar-refractivity contribution in [3.05, 3.63) is 23.8 Å². The number of halogens is 3. The molecular formula is C10H15F3O. The first-order chi connectivity index (χ1) is 6.33. The van der Waals surface area contributed by atoms with Gasteiger partial charge in [0, 0.05) is 7.11 Å². The van der Waals surface area contributed by atoms with Gasteiger partial charge in [0.05, 0.1) is 0 Å². The molecular weight excluding hydrogens is 193 g/mol. The third-order valence-corrected chi connectivity index (χ3v) is 2.16. The highest BCUT2D eigenvalue weighted by atomic mass is 19.4. The Kier molecular flexibility index (Phi) is 4.39. The fourth-order valence-corrected chi connectivity index (χ4v) is 1.11. The van der Waals surface area contributed by atoms with Gasteiger partial charge in [0.15, 0.2) is 5.60 Å². The molecule has 0 aromatic heterocycles. The molecule has 0 aliphatic rings. The van der Waals surface area contributed by atoms with Crippen LogP contribution >= 0.6 is 0 Å². The van der Waals surface area contributed by atoms with Crippen LogP contribution in [0.15, 0.2) is 23.8 Å². The number of hydrogen-bond acceptors (Lipinski definition) is 1. The molecule has 0 bridgehead atoms. The second-order valence-corrected chi connectivity index (χ2v) is 2.98. The van der Waals surface area contributed by atoms with Gasteiger partial charge in [-0.25, -0.2) is 0 Å². The average molecular weight is 208 g/mol. The van der Waals surface area contributed by atoms with Crippen molar-refractivity contribution in [1.29, 1.82) is 0 Å². The molecule has 4 heteroatoms. The lowest BCUT2D eigenvalue weighted by molar-refractivity contribution is -0.245. The summed E-state index contributed by atoms with van der Waals surface area (Å²) >= 11 is 0. The molecule has 0 saturated heterocycles. The summed E-state index contributed by atoms with van der Waals surface area (Å²) in [6, 6.07) is 0. The minimum atomic E-state index is -4.41. The van der Waals surface area contributed by atoms with Crippen molar-refractivity contribution in [3.63, 3.8) is 0 Å². The summed E-state index contributed by atoms with van der Waals surface area (Å²) in [7, 11) is 1.06. The van der Waals surface area contributed by atoms with Gasteiger partial charge in [-0.15, -0.1) is 0 Å². The molecule has 1 atom stereocenters. The summed E-state index contributed by atoms with van der Waals surface area (Å²) in [6.45, 7) is 4.23. The molecule has 0 aromatic carbocycles. The lowest BCUT2D eigenvalue weighted by atomic mass is 9.94. The van der Waals surface area contributed by atoms with Crippen molar-refractivity contribution in [1.82, 2.24) is 0 Å². The van der Waals surface area contributed by atoms with E-state index in [9.17, 15) is 13.2 Å². The third-order valence-electron chi connectivity index (χ3n) is 2.16. The maximum Gasteiger partial charge on any atom is 0.421 e. The lowest BCUT2D eigenvalue weighted by Gasteiger charge is -2.31. The molecule has 0 heterocycles. The number of methoxy groups -OCH3 is 1. The number of rotatable bonds is 3. The largest absolute Gasteiger partial charge is 0.421 e. The molecule has 0 unspecified atom stereocenters. The highest BCUT2D eigenvalue weighted by molar-refractivity contribution is 5.29. The van der Waals surface area contributed by atoms with Crippen molar-refractivity contribution in [2.24, 2.45) is 0 Å². The van der Waals surface area contributed by atoms with Gasteiger partial charge in [-0.3, -0.25) is 0 Å². The van der Waals surface area contributed by atoms with Crippen molar-refractivity contribution in [3.8, 4) is 0 Å². The molecule has 0 radical (unpaired) electrons. The predicted octanol–water partition coefficient (Wildman–Crippen LogP) is 3.48. The Bertz CT molecular complexity index is 240. The Morgan fingerprint density at radius 3 is 1.93 bits per heavy atom. The van der Waals surface area contributed by atoms with E-state index in [-0.39, 0.29) is 5.57 Å². The van der Waals surface area contributed by atoms with Crippen LogP contribution in [0.4, 0.5) is 13.2 Å². The molecule has 0 aliphatic carbocycles. The lowest BCUT2D eigenvalue weighted by Crippen LogP contribution is -2.45. The van der Waals surface area contributed by atoms with Gasteiger partial charge in [-0.05, 0) is 26.3 Å². The summed E-state index contributed by atoms with van der Waals surface area (Å²) in [4.78, 5) is 0. The normalized spacial score (nSPS) is 18.6. The predicted molar refractivity (Wildman–Crippen MR) is 50.0 cm³/mol. The van der Waals surface area contributed by atoms with Gasteiger partial charge in [-0.2, -0.15) is 13.2 Å². The van der Waals surface area contributed by atoms with E-state index in [1.54, 1.807) is 19.9 Å². The molecule has 1 nitrogen and oxygen atoms in total. The molecule has 0 aromatic rings. The van der Waals surface area contributed by atoms with E-state index in [0.29, 0.717) is 0 Å². The number of ether oxygens (including phenoxy) is 1. The summed E-state index contributed by atoms with van der Waals surface area (Å²) in [5.74, 6) is 0. The van der Waals surface area contributed by atoms with Gasteiger partial charge in [0.25, 0.3) is 0 Å². The van der Waals surface area contributed by atoms with E-state index < -0.39 is 11.8 Å². The van der Waals surface area contributed by atoms with Crippen molar-refractivity contribution < 1.29 is 17.9 Å². The molecule has 0 amide bonds. The minimum absolute atomic E-state index is 0.106. The molecule has 0 saturated carbocycles. The van der Waals surface area contributed by atoms with E-state index in [2.05, 4.69) is 4.74 Å². The molecule has 0 fully saturated rings. The number of alkyl halides is 3. The highest BCUT2D eigenvalue weighted by Gasteiger charge is 2.53. The van der Waals surface area contributed by atoms with Crippen LogP contribution in [0.3, 0.4) is 0 Å². The van der Waals surface area contributed by atoms with Gasteiger partial charge >= 0.3 is 6.18 Å². The fourth-order valence-electron chi connectivity index (χ4n) is 1.11. The van der Waals surface area contributed by atoms with Crippen molar-refractivity contribution in [2.45, 2.75) is 32.5 Å². The summed E-state index contributed by atoms with van der Waals surface area (Å²) < 4.78 is 42.6. The monoisotopic (exact) mass is 208 g/mol. The number of hydrogen-bond donors (Lipinski definition) is 0. The number of allylic oxidation sites excluding steroid dienone is 2. The van der Waals surface area contributed by atoms with Crippen molar-refractivity contribution >= 4 is 0 Å². The fraction of sp³-hybridized carbons (Fsp3) is 0.600. The van der Waals surface area contributed by atoms with Gasteiger partial charge in [0.2, 0.25) is 0 Å². The summed E-state index contributed by atoms with van der Waals surface area (Å²) in [5.41, 5.74) is -2.12. The van der Waals surface area contributed by atoms with Crippen LogP contribution in [0, 0.1) is 0 Å². The van der Waals surface area contributed by atoms with Gasteiger partial charge in [-0.1, -0.05) is 18.2 Å². The second-order valence-electron chi connectivity index (χ2n) is 2.98. The maximum atomic E-state index is 12.7. The SMILES string of the molecule is C/C=C\C(=C/C)[C@@](C)(OC)C(F)(F)F. The van der Waals surface area contributed by atoms with Crippen LogP contribution < -0.4 is 0 Å². The van der Waals surface area contributed by atoms with Crippen LogP contribution in [0.25, 0.3) is 0 Å². The molecule has 0 aliphatic heterocycles. The van der Waals surface area contributed by atoms with Crippen LogP contribution in [0.5, 0.6) is 0 Å². The van der Waals surface area contributed by atoms with E-state index in [1.165, 1.54) is 12.2 Å². The third kappa shape index (κ3) is 2.38. The first-order valence-corrected chi connectivity index (χ1v) is 4.24. The average Bonchev–Trinajstić information content (AvgIpc) is 2.11. The van der Waals surface area contributed by atoms with Gasteiger partial charge < -0.3 is 4.74 Å². The maximum absolute atomic E-state index is 12.7. The molecule has 0 N–H and O–H groups in total. The van der Waals surface area contributed by atoms with E-state index in [1.807, 2.05) is 0 Å². The minimum Gasteiger partial charge on any atom is -0.364 e. The zero-order valence-electron chi connectivity index (χ0n) is 8.77. The molecule has 0 rings (SSSR count). The zero-order valence-corrected chi connectivity index (χ0v) is 8.77. The smallest absolute Gasteiger partial charge is 0.364 e. The van der Waals surface area contributed by atoms with E-state index in [0.717, 1.165) is 14.0 Å². The van der Waals surface area contributed by atoms with E-state index in [4.69, 9.17) is 0 Å². The molecule has 82 valence electrons.